The Morgan fingerprint density at radius 3 is 2.29 bits per heavy atom. The second-order valence-corrected chi connectivity index (χ2v) is 4.22. The van der Waals surface area contributed by atoms with Gasteiger partial charge in [-0.1, -0.05) is 13.3 Å². The van der Waals surface area contributed by atoms with Crippen LogP contribution in [0.3, 0.4) is 0 Å². The summed E-state index contributed by atoms with van der Waals surface area (Å²) in [4.78, 5) is 1.63. The highest BCUT2D eigenvalue weighted by atomic mass is 19.1. The van der Waals surface area contributed by atoms with Gasteiger partial charge in [0.2, 0.25) is 0 Å². The molecule has 0 radical (unpaired) electrons. The van der Waals surface area contributed by atoms with Crippen LogP contribution < -0.4 is 10.6 Å². The summed E-state index contributed by atoms with van der Waals surface area (Å²) >= 11 is 0. The van der Waals surface area contributed by atoms with Crippen LogP contribution in [0.15, 0.2) is 12.1 Å². The van der Waals surface area contributed by atoms with Crippen molar-refractivity contribution in [3.63, 3.8) is 0 Å². The third-order valence-corrected chi connectivity index (χ3v) is 2.74. The fourth-order valence-electron chi connectivity index (χ4n) is 1.80. The molecule has 2 N–H and O–H groups in total. The molecule has 0 unspecified atom stereocenters. The summed E-state index contributed by atoms with van der Waals surface area (Å²) in [6.45, 7) is 3.09. The Morgan fingerprint density at radius 2 is 1.82 bits per heavy atom. The quantitative estimate of drug-likeness (QED) is 0.831. The van der Waals surface area contributed by atoms with Crippen LogP contribution in [0.4, 0.5) is 14.5 Å². The maximum Gasteiger partial charge on any atom is 0.149 e. The maximum absolute atomic E-state index is 13.8. The number of hydrogen-bond donors (Lipinski definition) is 1. The molecule has 96 valence electrons. The van der Waals surface area contributed by atoms with Gasteiger partial charge in [-0.25, -0.2) is 8.78 Å². The number of benzene rings is 1. The Morgan fingerprint density at radius 1 is 1.24 bits per heavy atom. The molecule has 2 nitrogen and oxygen atoms in total. The minimum absolute atomic E-state index is 0.0548. The van der Waals surface area contributed by atoms with Gasteiger partial charge in [0.15, 0.2) is 0 Å². The minimum atomic E-state index is -0.507. The molecule has 0 aliphatic heterocycles. The molecule has 1 aromatic rings. The highest BCUT2D eigenvalue weighted by Gasteiger charge is 2.14. The molecule has 0 heterocycles. The number of hydrogen-bond acceptors (Lipinski definition) is 2. The van der Waals surface area contributed by atoms with Crippen LogP contribution in [0, 0.1) is 11.6 Å². The first-order valence-corrected chi connectivity index (χ1v) is 5.99. The molecule has 4 heteroatoms. The summed E-state index contributed by atoms with van der Waals surface area (Å²) in [5, 5.41) is 0. The third-order valence-electron chi connectivity index (χ3n) is 2.74. The molecule has 0 spiro atoms. The van der Waals surface area contributed by atoms with Crippen LogP contribution in [0.25, 0.3) is 0 Å². The first-order chi connectivity index (χ1) is 8.10. The number of anilines is 1. The number of rotatable bonds is 6. The molecule has 1 rings (SSSR count). The molecule has 0 saturated heterocycles. The SMILES string of the molecule is CCCCN(C)c1c(F)cc(CCN)cc1F. The molecule has 0 aromatic heterocycles. The third kappa shape index (κ3) is 3.66. The lowest BCUT2D eigenvalue weighted by Gasteiger charge is -2.20. The van der Waals surface area contributed by atoms with Crippen molar-refractivity contribution >= 4 is 5.69 Å². The summed E-state index contributed by atoms with van der Waals surface area (Å²) in [5.41, 5.74) is 6.03. The van der Waals surface area contributed by atoms with Gasteiger partial charge < -0.3 is 10.6 Å². The second kappa shape index (κ2) is 6.55. The van der Waals surface area contributed by atoms with Crippen molar-refractivity contribution in [3.8, 4) is 0 Å². The molecular formula is C13H20F2N2. The monoisotopic (exact) mass is 242 g/mol. The number of unbranched alkanes of at least 4 members (excludes halogenated alkanes) is 1. The summed E-state index contributed by atoms with van der Waals surface area (Å²) in [6.07, 6.45) is 2.41. The fourth-order valence-corrected chi connectivity index (χ4v) is 1.80. The van der Waals surface area contributed by atoms with E-state index in [4.69, 9.17) is 5.73 Å². The molecule has 0 amide bonds. The molecule has 0 aliphatic carbocycles. The van der Waals surface area contributed by atoms with Crippen LogP contribution >= 0.6 is 0 Å². The van der Waals surface area contributed by atoms with Gasteiger partial charge in [-0.05, 0) is 37.1 Å². The van der Waals surface area contributed by atoms with Crippen molar-refractivity contribution in [3.05, 3.63) is 29.3 Å². The van der Waals surface area contributed by atoms with E-state index in [0.717, 1.165) is 12.8 Å². The molecular weight excluding hydrogens is 222 g/mol. The minimum Gasteiger partial charge on any atom is -0.370 e. The average Bonchev–Trinajstić information content (AvgIpc) is 2.25. The fraction of sp³-hybridized carbons (Fsp3) is 0.538. The normalized spacial score (nSPS) is 10.6. The lowest BCUT2D eigenvalue weighted by molar-refractivity contribution is 0.571. The van der Waals surface area contributed by atoms with Crippen molar-refractivity contribution in [2.45, 2.75) is 26.2 Å². The van der Waals surface area contributed by atoms with Gasteiger partial charge in [-0.3, -0.25) is 0 Å². The van der Waals surface area contributed by atoms with E-state index in [-0.39, 0.29) is 5.69 Å². The first kappa shape index (κ1) is 13.9. The second-order valence-electron chi connectivity index (χ2n) is 4.22. The van der Waals surface area contributed by atoms with Crippen molar-refractivity contribution in [2.24, 2.45) is 5.73 Å². The summed E-state index contributed by atoms with van der Waals surface area (Å²) < 4.78 is 27.6. The van der Waals surface area contributed by atoms with Gasteiger partial charge in [-0.2, -0.15) is 0 Å². The van der Waals surface area contributed by atoms with Gasteiger partial charge in [0, 0.05) is 13.6 Å². The summed E-state index contributed by atoms with van der Waals surface area (Å²) in [6, 6.07) is 2.74. The molecule has 17 heavy (non-hydrogen) atoms. The van der Waals surface area contributed by atoms with Crippen molar-refractivity contribution in [1.29, 1.82) is 0 Å². The number of nitrogens with two attached hydrogens (primary N) is 1. The Hall–Kier alpha value is -1.16. The van der Waals surface area contributed by atoms with Gasteiger partial charge in [0.05, 0.1) is 0 Å². The summed E-state index contributed by atoms with van der Waals surface area (Å²) in [7, 11) is 1.71. The van der Waals surface area contributed by atoms with Crippen LogP contribution in [-0.2, 0) is 6.42 Å². The molecule has 0 fully saturated rings. The van der Waals surface area contributed by atoms with E-state index in [9.17, 15) is 8.78 Å². The zero-order valence-electron chi connectivity index (χ0n) is 10.5. The Balaban J connectivity index is 2.92. The molecule has 1 aromatic carbocycles. The molecule has 0 saturated carbocycles. The summed E-state index contributed by atoms with van der Waals surface area (Å²) in [5.74, 6) is -1.01. The van der Waals surface area contributed by atoms with Crippen LogP contribution in [0.2, 0.25) is 0 Å². The average molecular weight is 242 g/mol. The highest BCUT2D eigenvalue weighted by Crippen LogP contribution is 2.24. The number of halogens is 2. The standard InChI is InChI=1S/C13H20F2N2/c1-3-4-7-17(2)13-11(14)8-10(5-6-16)9-12(13)15/h8-9H,3-7,16H2,1-2H3. The van der Waals surface area contributed by atoms with E-state index >= 15 is 0 Å². The Labute approximate surface area is 101 Å². The van der Waals surface area contributed by atoms with E-state index in [1.54, 1.807) is 11.9 Å². The van der Waals surface area contributed by atoms with E-state index < -0.39 is 11.6 Å². The highest BCUT2D eigenvalue weighted by molar-refractivity contribution is 5.50. The van der Waals surface area contributed by atoms with Crippen molar-refractivity contribution < 1.29 is 8.78 Å². The zero-order valence-corrected chi connectivity index (χ0v) is 10.5. The van der Waals surface area contributed by atoms with Gasteiger partial charge >= 0.3 is 0 Å². The lowest BCUT2D eigenvalue weighted by atomic mass is 10.1. The first-order valence-electron chi connectivity index (χ1n) is 5.99. The molecule has 0 aliphatic rings. The predicted octanol–water partition coefficient (Wildman–Crippen LogP) is 2.70. The molecule has 0 bridgehead atoms. The maximum atomic E-state index is 13.8. The van der Waals surface area contributed by atoms with E-state index in [1.807, 2.05) is 6.92 Å². The van der Waals surface area contributed by atoms with Gasteiger partial charge in [0.25, 0.3) is 0 Å². The van der Waals surface area contributed by atoms with Crippen LogP contribution in [0.1, 0.15) is 25.3 Å². The topological polar surface area (TPSA) is 29.3 Å². The van der Waals surface area contributed by atoms with E-state index in [0.29, 0.717) is 25.1 Å². The van der Waals surface area contributed by atoms with E-state index in [2.05, 4.69) is 0 Å². The zero-order chi connectivity index (χ0) is 12.8. The number of nitrogens with zero attached hydrogens (tertiary/aromatic N) is 1. The van der Waals surface area contributed by atoms with Crippen LogP contribution in [0.5, 0.6) is 0 Å². The van der Waals surface area contributed by atoms with Crippen LogP contribution in [-0.4, -0.2) is 20.1 Å². The van der Waals surface area contributed by atoms with Gasteiger partial charge in [-0.15, -0.1) is 0 Å². The Kier molecular flexibility index (Phi) is 5.35. The molecule has 0 atom stereocenters. The van der Waals surface area contributed by atoms with E-state index in [1.165, 1.54) is 12.1 Å². The van der Waals surface area contributed by atoms with Gasteiger partial charge in [0.1, 0.15) is 17.3 Å². The van der Waals surface area contributed by atoms with Crippen molar-refractivity contribution in [1.82, 2.24) is 0 Å². The predicted molar refractivity (Wildman–Crippen MR) is 67.3 cm³/mol. The Bertz CT molecular complexity index is 343. The largest absolute Gasteiger partial charge is 0.370 e. The smallest absolute Gasteiger partial charge is 0.149 e. The van der Waals surface area contributed by atoms with Crippen molar-refractivity contribution in [2.75, 3.05) is 25.0 Å². The lowest BCUT2D eigenvalue weighted by Crippen LogP contribution is -2.21.